The maximum atomic E-state index is 12.5. The van der Waals surface area contributed by atoms with Gasteiger partial charge in [-0.2, -0.15) is 0 Å². The number of hydrogen-bond donors (Lipinski definition) is 2. The summed E-state index contributed by atoms with van der Waals surface area (Å²) in [5.41, 5.74) is 2.06. The molecule has 1 amide bonds. The van der Waals surface area contributed by atoms with Crippen LogP contribution in [0.15, 0.2) is 35.2 Å². The number of sulfonamides is 1. The number of nitrogens with one attached hydrogen (secondary N) is 2. The van der Waals surface area contributed by atoms with Crippen LogP contribution in [0, 0.1) is 5.92 Å². The summed E-state index contributed by atoms with van der Waals surface area (Å²) in [6.07, 6.45) is 3.28. The van der Waals surface area contributed by atoms with Crippen molar-refractivity contribution in [2.75, 3.05) is 0 Å². The van der Waals surface area contributed by atoms with Gasteiger partial charge in [-0.15, -0.1) is 11.3 Å². The SMILES string of the molecule is CC1CCc2sc(C(=O)NCc3cccc(S(=O)(=O)NC(C)C)c3)cc2C1. The Morgan fingerprint density at radius 1 is 1.30 bits per heavy atom. The van der Waals surface area contributed by atoms with E-state index in [1.165, 1.54) is 16.9 Å². The molecule has 3 rings (SSSR count). The van der Waals surface area contributed by atoms with E-state index in [0.717, 1.165) is 23.3 Å². The number of carbonyl (C=O) groups excluding carboxylic acids is 1. The Labute approximate surface area is 165 Å². The van der Waals surface area contributed by atoms with E-state index < -0.39 is 10.0 Å². The fourth-order valence-corrected chi connectivity index (χ4v) is 5.73. The maximum absolute atomic E-state index is 12.5. The Bertz CT molecular complexity index is 932. The van der Waals surface area contributed by atoms with Crippen molar-refractivity contribution in [1.82, 2.24) is 10.0 Å². The average molecular weight is 407 g/mol. The van der Waals surface area contributed by atoms with Crippen LogP contribution in [0.4, 0.5) is 0 Å². The normalized spacial score (nSPS) is 17.0. The van der Waals surface area contributed by atoms with Crippen molar-refractivity contribution in [3.8, 4) is 0 Å². The molecular formula is C20H26N2O3S2. The van der Waals surface area contributed by atoms with Gasteiger partial charge in [0.2, 0.25) is 10.0 Å². The number of aryl methyl sites for hydroxylation is 1. The number of carbonyl (C=O) groups is 1. The Hall–Kier alpha value is -1.70. The van der Waals surface area contributed by atoms with Crippen LogP contribution in [0.25, 0.3) is 0 Å². The molecule has 0 bridgehead atoms. The minimum atomic E-state index is -3.54. The van der Waals surface area contributed by atoms with Crippen LogP contribution >= 0.6 is 11.3 Å². The molecule has 1 aromatic carbocycles. The van der Waals surface area contributed by atoms with Crippen molar-refractivity contribution >= 4 is 27.3 Å². The second-order valence-corrected chi connectivity index (χ2v) is 10.4. The van der Waals surface area contributed by atoms with Gasteiger partial charge >= 0.3 is 0 Å². The van der Waals surface area contributed by atoms with Crippen LogP contribution in [-0.4, -0.2) is 20.4 Å². The van der Waals surface area contributed by atoms with Gasteiger partial charge in [0, 0.05) is 17.5 Å². The summed E-state index contributed by atoms with van der Waals surface area (Å²) in [6, 6.07) is 8.51. The molecule has 0 radical (unpaired) electrons. The summed E-state index contributed by atoms with van der Waals surface area (Å²) >= 11 is 1.58. The van der Waals surface area contributed by atoms with Crippen LogP contribution < -0.4 is 10.0 Å². The van der Waals surface area contributed by atoms with Gasteiger partial charge in [-0.05, 0) is 68.4 Å². The molecule has 0 saturated heterocycles. The van der Waals surface area contributed by atoms with Gasteiger partial charge in [-0.1, -0.05) is 19.1 Å². The number of amides is 1. The lowest BCUT2D eigenvalue weighted by Gasteiger charge is -2.16. The van der Waals surface area contributed by atoms with E-state index in [1.807, 2.05) is 12.1 Å². The van der Waals surface area contributed by atoms with Crippen LogP contribution in [0.5, 0.6) is 0 Å². The standard InChI is InChI=1S/C20H26N2O3S2/c1-13(2)22-27(24,25)17-6-4-5-15(10-17)12-21-20(23)19-11-16-9-14(3)7-8-18(16)26-19/h4-6,10-11,13-14,22H,7-9,12H2,1-3H3,(H,21,23). The molecule has 1 atom stereocenters. The predicted octanol–water partition coefficient (Wildman–Crippen LogP) is 3.49. The van der Waals surface area contributed by atoms with Gasteiger partial charge in [0.25, 0.3) is 5.91 Å². The molecule has 0 fully saturated rings. The van der Waals surface area contributed by atoms with Gasteiger partial charge < -0.3 is 5.32 Å². The maximum Gasteiger partial charge on any atom is 0.261 e. The molecule has 0 spiro atoms. The molecule has 7 heteroatoms. The molecular weight excluding hydrogens is 380 g/mol. The minimum absolute atomic E-state index is 0.101. The molecule has 1 heterocycles. The Morgan fingerprint density at radius 3 is 2.81 bits per heavy atom. The monoisotopic (exact) mass is 406 g/mol. The molecule has 1 aromatic heterocycles. The summed E-state index contributed by atoms with van der Waals surface area (Å²) in [4.78, 5) is 14.8. The smallest absolute Gasteiger partial charge is 0.261 e. The zero-order chi connectivity index (χ0) is 19.6. The fraction of sp³-hybridized carbons (Fsp3) is 0.450. The molecule has 5 nitrogen and oxygen atoms in total. The first-order valence-corrected chi connectivity index (χ1v) is 11.6. The quantitative estimate of drug-likeness (QED) is 0.771. The summed E-state index contributed by atoms with van der Waals surface area (Å²) in [6.45, 7) is 6.10. The first kappa shape index (κ1) is 20.0. The van der Waals surface area contributed by atoms with Crippen molar-refractivity contribution in [2.24, 2.45) is 5.92 Å². The van der Waals surface area contributed by atoms with Crippen molar-refractivity contribution in [3.05, 3.63) is 51.2 Å². The van der Waals surface area contributed by atoms with Crippen LogP contribution in [-0.2, 0) is 29.4 Å². The van der Waals surface area contributed by atoms with Gasteiger partial charge in [-0.3, -0.25) is 4.79 Å². The third-order valence-electron chi connectivity index (χ3n) is 4.61. The van der Waals surface area contributed by atoms with E-state index in [2.05, 4.69) is 17.0 Å². The lowest BCUT2D eigenvalue weighted by atomic mass is 9.90. The van der Waals surface area contributed by atoms with Crippen LogP contribution in [0.1, 0.15) is 52.9 Å². The predicted molar refractivity (Wildman–Crippen MR) is 109 cm³/mol. The van der Waals surface area contributed by atoms with Gasteiger partial charge in [0.1, 0.15) is 0 Å². The highest BCUT2D eigenvalue weighted by Gasteiger charge is 2.21. The summed E-state index contributed by atoms with van der Waals surface area (Å²) < 4.78 is 27.2. The van der Waals surface area contributed by atoms with E-state index in [4.69, 9.17) is 0 Å². The number of thiophene rings is 1. The largest absolute Gasteiger partial charge is 0.347 e. The number of hydrogen-bond acceptors (Lipinski definition) is 4. The number of rotatable bonds is 6. The first-order valence-electron chi connectivity index (χ1n) is 9.25. The van der Waals surface area contributed by atoms with Crippen molar-refractivity contribution < 1.29 is 13.2 Å². The van der Waals surface area contributed by atoms with Crippen molar-refractivity contribution in [2.45, 2.75) is 57.5 Å². The molecule has 146 valence electrons. The first-order chi connectivity index (χ1) is 12.7. The zero-order valence-corrected chi connectivity index (χ0v) is 17.5. The van der Waals surface area contributed by atoms with E-state index in [1.54, 1.807) is 43.4 Å². The fourth-order valence-electron chi connectivity index (χ4n) is 3.29. The number of benzene rings is 1. The highest BCUT2D eigenvalue weighted by molar-refractivity contribution is 7.89. The third kappa shape index (κ3) is 4.97. The van der Waals surface area contributed by atoms with E-state index in [0.29, 0.717) is 12.5 Å². The van der Waals surface area contributed by atoms with Gasteiger partial charge in [-0.25, -0.2) is 13.1 Å². The second kappa shape index (κ2) is 8.12. The Kier molecular flexibility index (Phi) is 6.03. The van der Waals surface area contributed by atoms with Crippen molar-refractivity contribution in [3.63, 3.8) is 0 Å². The summed E-state index contributed by atoms with van der Waals surface area (Å²) in [5, 5.41) is 2.91. The van der Waals surface area contributed by atoms with Crippen LogP contribution in [0.2, 0.25) is 0 Å². The minimum Gasteiger partial charge on any atom is -0.347 e. The molecule has 0 aliphatic heterocycles. The molecule has 0 saturated carbocycles. The zero-order valence-electron chi connectivity index (χ0n) is 15.9. The van der Waals surface area contributed by atoms with E-state index in [-0.39, 0.29) is 16.8 Å². The topological polar surface area (TPSA) is 75.3 Å². The van der Waals surface area contributed by atoms with Crippen LogP contribution in [0.3, 0.4) is 0 Å². The molecule has 1 aliphatic rings. The highest BCUT2D eigenvalue weighted by atomic mass is 32.2. The summed E-state index contributed by atoms with van der Waals surface area (Å²) in [5.74, 6) is 0.572. The molecule has 2 aromatic rings. The molecule has 27 heavy (non-hydrogen) atoms. The highest BCUT2D eigenvalue weighted by Crippen LogP contribution is 2.32. The Morgan fingerprint density at radius 2 is 2.07 bits per heavy atom. The van der Waals surface area contributed by atoms with Gasteiger partial charge in [0.05, 0.1) is 9.77 Å². The average Bonchev–Trinajstić information content (AvgIpc) is 3.02. The number of fused-ring (bicyclic) bond motifs is 1. The van der Waals surface area contributed by atoms with E-state index >= 15 is 0 Å². The molecule has 1 aliphatic carbocycles. The molecule has 2 N–H and O–H groups in total. The van der Waals surface area contributed by atoms with E-state index in [9.17, 15) is 13.2 Å². The molecule has 1 unspecified atom stereocenters. The summed E-state index contributed by atoms with van der Waals surface area (Å²) in [7, 11) is -3.54. The van der Waals surface area contributed by atoms with Gasteiger partial charge in [0.15, 0.2) is 0 Å². The lowest BCUT2D eigenvalue weighted by molar-refractivity contribution is 0.0955. The van der Waals surface area contributed by atoms with Crippen molar-refractivity contribution in [1.29, 1.82) is 0 Å². The second-order valence-electron chi connectivity index (χ2n) is 7.51. The lowest BCUT2D eigenvalue weighted by Crippen LogP contribution is -2.30. The Balaban J connectivity index is 1.67. The third-order valence-corrected chi connectivity index (χ3v) is 7.50.